The maximum Gasteiger partial charge on any atom is 0.251 e. The zero-order chi connectivity index (χ0) is 14.1. The summed E-state index contributed by atoms with van der Waals surface area (Å²) in [5, 5.41) is 2.88. The van der Waals surface area contributed by atoms with Gasteiger partial charge in [-0.3, -0.25) is 9.59 Å². The summed E-state index contributed by atoms with van der Waals surface area (Å²) in [6.07, 6.45) is 2.07. The van der Waals surface area contributed by atoms with Crippen LogP contribution in [0.5, 0.6) is 0 Å². The molecule has 0 bridgehead atoms. The Hall–Kier alpha value is -1.88. The third-order valence-electron chi connectivity index (χ3n) is 3.86. The number of benzene rings is 1. The first kappa shape index (κ1) is 13.1. The fourth-order valence-corrected chi connectivity index (χ4v) is 2.94. The van der Waals surface area contributed by atoms with Crippen LogP contribution in [0.3, 0.4) is 0 Å². The molecule has 1 N–H and O–H groups in total. The van der Waals surface area contributed by atoms with Crippen LogP contribution in [-0.2, 0) is 22.4 Å². The first-order chi connectivity index (χ1) is 9.70. The summed E-state index contributed by atoms with van der Waals surface area (Å²) in [5.41, 5.74) is 3.82. The maximum atomic E-state index is 12.1. The molecule has 3 rings (SSSR count). The summed E-state index contributed by atoms with van der Waals surface area (Å²) in [6.45, 7) is 1.99. The Morgan fingerprint density at radius 2 is 2.20 bits per heavy atom. The van der Waals surface area contributed by atoms with Gasteiger partial charge in [-0.25, -0.2) is 0 Å². The molecule has 2 heterocycles. The number of amides is 2. The minimum atomic E-state index is -0.0713. The highest BCUT2D eigenvalue weighted by atomic mass is 16.5. The molecule has 1 aromatic rings. The molecular formula is C15H18N2O3. The van der Waals surface area contributed by atoms with Crippen molar-refractivity contribution in [1.29, 1.82) is 0 Å². The van der Waals surface area contributed by atoms with Crippen molar-refractivity contribution in [3.63, 3.8) is 0 Å². The topological polar surface area (TPSA) is 58.6 Å². The average molecular weight is 274 g/mol. The molecule has 20 heavy (non-hydrogen) atoms. The van der Waals surface area contributed by atoms with E-state index in [1.165, 1.54) is 0 Å². The van der Waals surface area contributed by atoms with Gasteiger partial charge in [0.1, 0.15) is 0 Å². The van der Waals surface area contributed by atoms with Crippen molar-refractivity contribution in [2.45, 2.75) is 19.3 Å². The Bertz CT molecular complexity index is 568. The van der Waals surface area contributed by atoms with E-state index in [1.54, 1.807) is 7.11 Å². The molecule has 0 spiro atoms. The van der Waals surface area contributed by atoms with Gasteiger partial charge in [-0.15, -0.1) is 0 Å². The van der Waals surface area contributed by atoms with Crippen LogP contribution in [0, 0.1) is 0 Å². The molecule has 0 unspecified atom stereocenters. The van der Waals surface area contributed by atoms with Gasteiger partial charge in [0, 0.05) is 32.4 Å². The number of nitrogens with zero attached hydrogens (tertiary/aromatic N) is 1. The highest BCUT2D eigenvalue weighted by molar-refractivity contribution is 6.05. The lowest BCUT2D eigenvalue weighted by molar-refractivity contribution is -0.117. The minimum Gasteiger partial charge on any atom is -0.385 e. The fraction of sp³-hybridized carbons (Fsp3) is 0.467. The second-order valence-corrected chi connectivity index (χ2v) is 5.22. The number of rotatable bonds is 5. The molecule has 2 amide bonds. The number of ether oxygens (including phenoxy) is 1. The average Bonchev–Trinajstić information content (AvgIpc) is 3.00. The fourth-order valence-electron chi connectivity index (χ4n) is 2.94. The van der Waals surface area contributed by atoms with E-state index >= 15 is 0 Å². The van der Waals surface area contributed by atoms with Crippen molar-refractivity contribution >= 4 is 17.5 Å². The van der Waals surface area contributed by atoms with Crippen LogP contribution in [0.15, 0.2) is 12.1 Å². The molecule has 0 atom stereocenters. The van der Waals surface area contributed by atoms with Gasteiger partial charge in [0.15, 0.2) is 0 Å². The first-order valence-corrected chi connectivity index (χ1v) is 6.94. The zero-order valence-corrected chi connectivity index (χ0v) is 11.6. The summed E-state index contributed by atoms with van der Waals surface area (Å²) >= 11 is 0. The highest BCUT2D eigenvalue weighted by Gasteiger charge is 2.34. The Kier molecular flexibility index (Phi) is 3.44. The normalized spacial score (nSPS) is 15.7. The Morgan fingerprint density at radius 3 is 3.00 bits per heavy atom. The number of hydrogen-bond acceptors (Lipinski definition) is 3. The quantitative estimate of drug-likeness (QED) is 0.812. The summed E-state index contributed by atoms with van der Waals surface area (Å²) in [6, 6.07) is 3.77. The summed E-state index contributed by atoms with van der Waals surface area (Å²) in [7, 11) is 1.65. The van der Waals surface area contributed by atoms with Crippen molar-refractivity contribution in [2.24, 2.45) is 0 Å². The van der Waals surface area contributed by atoms with Crippen molar-refractivity contribution in [1.82, 2.24) is 5.32 Å². The van der Waals surface area contributed by atoms with Crippen LogP contribution in [0.1, 0.15) is 27.9 Å². The van der Waals surface area contributed by atoms with Gasteiger partial charge in [-0.05, 0) is 36.1 Å². The van der Waals surface area contributed by atoms with Crippen LogP contribution < -0.4 is 10.2 Å². The molecule has 2 aliphatic rings. The van der Waals surface area contributed by atoms with Crippen molar-refractivity contribution in [3.8, 4) is 0 Å². The first-order valence-electron chi connectivity index (χ1n) is 6.94. The van der Waals surface area contributed by atoms with Crippen molar-refractivity contribution < 1.29 is 14.3 Å². The molecule has 0 aliphatic carbocycles. The number of carbonyl (C=O) groups is 2. The van der Waals surface area contributed by atoms with Gasteiger partial charge in [0.05, 0.1) is 12.1 Å². The van der Waals surface area contributed by atoms with E-state index in [1.807, 2.05) is 17.0 Å². The standard InChI is InChI=1S/C15H18N2O3/c1-20-6-2-4-16-15(19)12-7-10-3-5-17-13(18)9-11(8-12)14(10)17/h7-8H,2-6,9H2,1H3,(H,16,19). The highest BCUT2D eigenvalue weighted by Crippen LogP contribution is 2.38. The van der Waals surface area contributed by atoms with Gasteiger partial charge >= 0.3 is 0 Å². The Balaban J connectivity index is 1.75. The number of carbonyl (C=O) groups excluding carboxylic acids is 2. The lowest BCUT2D eigenvalue weighted by Crippen LogP contribution is -2.25. The van der Waals surface area contributed by atoms with E-state index in [4.69, 9.17) is 4.74 Å². The predicted molar refractivity (Wildman–Crippen MR) is 75.0 cm³/mol. The van der Waals surface area contributed by atoms with E-state index in [0.717, 1.165) is 36.2 Å². The van der Waals surface area contributed by atoms with E-state index in [-0.39, 0.29) is 11.8 Å². The number of methoxy groups -OCH3 is 1. The number of anilines is 1. The van der Waals surface area contributed by atoms with Crippen molar-refractivity contribution in [3.05, 3.63) is 28.8 Å². The van der Waals surface area contributed by atoms with Crippen LogP contribution >= 0.6 is 0 Å². The lowest BCUT2D eigenvalue weighted by atomic mass is 10.0. The largest absolute Gasteiger partial charge is 0.385 e. The molecule has 1 aromatic carbocycles. The second kappa shape index (κ2) is 5.25. The molecule has 5 nitrogen and oxygen atoms in total. The molecule has 0 saturated carbocycles. The van der Waals surface area contributed by atoms with E-state index in [2.05, 4.69) is 5.32 Å². The van der Waals surface area contributed by atoms with Gasteiger partial charge in [-0.1, -0.05) is 0 Å². The molecule has 0 aromatic heterocycles. The minimum absolute atomic E-state index is 0.0713. The number of nitrogens with one attached hydrogen (secondary N) is 1. The number of hydrogen-bond donors (Lipinski definition) is 1. The predicted octanol–water partition coefficient (Wildman–Crippen LogP) is 0.898. The van der Waals surface area contributed by atoms with Crippen LogP contribution in [0.4, 0.5) is 5.69 Å². The summed E-state index contributed by atoms with van der Waals surface area (Å²) in [4.78, 5) is 25.8. The lowest BCUT2D eigenvalue weighted by Gasteiger charge is -2.10. The van der Waals surface area contributed by atoms with Gasteiger partial charge in [-0.2, -0.15) is 0 Å². The van der Waals surface area contributed by atoms with E-state index in [0.29, 0.717) is 25.1 Å². The van der Waals surface area contributed by atoms with Gasteiger partial charge < -0.3 is 15.0 Å². The molecule has 0 saturated heterocycles. The molecule has 106 valence electrons. The SMILES string of the molecule is COCCCNC(=O)c1cc2c3c(c1)CC(=O)N3CC2. The third-order valence-corrected chi connectivity index (χ3v) is 3.86. The monoisotopic (exact) mass is 274 g/mol. The summed E-state index contributed by atoms with van der Waals surface area (Å²) < 4.78 is 4.95. The molecule has 2 aliphatic heterocycles. The van der Waals surface area contributed by atoms with E-state index < -0.39 is 0 Å². The smallest absolute Gasteiger partial charge is 0.251 e. The molecule has 0 fully saturated rings. The summed E-state index contributed by atoms with van der Waals surface area (Å²) in [5.74, 6) is 0.0781. The van der Waals surface area contributed by atoms with Crippen LogP contribution in [-0.4, -0.2) is 38.6 Å². The molecule has 5 heteroatoms. The van der Waals surface area contributed by atoms with Crippen LogP contribution in [0.25, 0.3) is 0 Å². The van der Waals surface area contributed by atoms with Crippen molar-refractivity contribution in [2.75, 3.05) is 31.7 Å². The Labute approximate surface area is 117 Å². The molecule has 0 radical (unpaired) electrons. The maximum absolute atomic E-state index is 12.1. The second-order valence-electron chi connectivity index (χ2n) is 5.22. The Morgan fingerprint density at radius 1 is 1.40 bits per heavy atom. The third kappa shape index (κ3) is 2.18. The zero-order valence-electron chi connectivity index (χ0n) is 11.6. The van der Waals surface area contributed by atoms with E-state index in [9.17, 15) is 9.59 Å². The molecular weight excluding hydrogens is 256 g/mol. The van der Waals surface area contributed by atoms with Gasteiger partial charge in [0.2, 0.25) is 5.91 Å². The van der Waals surface area contributed by atoms with Crippen LogP contribution in [0.2, 0.25) is 0 Å². The van der Waals surface area contributed by atoms with Gasteiger partial charge in [0.25, 0.3) is 5.91 Å².